The molecule has 0 aliphatic carbocycles. The fraction of sp³-hybridized carbons (Fsp3) is 0.333. The van der Waals surface area contributed by atoms with Gasteiger partial charge >= 0.3 is 0 Å². The molecule has 3 nitrogen and oxygen atoms in total. The first-order chi connectivity index (χ1) is 10.2. The molecule has 0 aliphatic rings. The van der Waals surface area contributed by atoms with Crippen LogP contribution in [0.5, 0.6) is 11.5 Å². The Balaban J connectivity index is 2.29. The second kappa shape index (κ2) is 7.14. The minimum absolute atomic E-state index is 0.365. The molecule has 1 atom stereocenters. The lowest BCUT2D eigenvalue weighted by Crippen LogP contribution is -2.17. The van der Waals surface area contributed by atoms with Crippen molar-refractivity contribution in [3.8, 4) is 22.6 Å². The molecular weight excluding hydrogens is 262 g/mol. The van der Waals surface area contributed by atoms with E-state index in [1.54, 1.807) is 14.2 Å². The standard InChI is InChI=1S/C18H23NO2/c1-5-19-13(2)14-6-8-15(9-7-14)16-10-17(20-3)12-18(11-16)21-4/h6-13,19H,5H2,1-4H3. The highest BCUT2D eigenvalue weighted by molar-refractivity contribution is 5.67. The Labute approximate surface area is 126 Å². The third-order valence-electron chi connectivity index (χ3n) is 3.61. The van der Waals surface area contributed by atoms with Crippen LogP contribution in [0.3, 0.4) is 0 Å². The van der Waals surface area contributed by atoms with Crippen molar-refractivity contribution in [2.75, 3.05) is 20.8 Å². The lowest BCUT2D eigenvalue weighted by Gasteiger charge is -2.14. The maximum atomic E-state index is 5.32. The van der Waals surface area contributed by atoms with Gasteiger partial charge in [0.1, 0.15) is 11.5 Å². The fourth-order valence-electron chi connectivity index (χ4n) is 2.36. The summed E-state index contributed by atoms with van der Waals surface area (Å²) in [4.78, 5) is 0. The van der Waals surface area contributed by atoms with E-state index in [0.29, 0.717) is 6.04 Å². The van der Waals surface area contributed by atoms with Crippen molar-refractivity contribution >= 4 is 0 Å². The van der Waals surface area contributed by atoms with Crippen LogP contribution in [0, 0.1) is 0 Å². The highest BCUT2D eigenvalue weighted by Gasteiger charge is 2.06. The molecule has 0 bridgehead atoms. The van der Waals surface area contributed by atoms with Gasteiger partial charge in [0.25, 0.3) is 0 Å². The molecule has 2 aromatic carbocycles. The summed E-state index contributed by atoms with van der Waals surface area (Å²) in [6.45, 7) is 5.26. The molecule has 0 saturated heterocycles. The van der Waals surface area contributed by atoms with E-state index in [-0.39, 0.29) is 0 Å². The highest BCUT2D eigenvalue weighted by Crippen LogP contribution is 2.30. The van der Waals surface area contributed by atoms with Crippen molar-refractivity contribution in [2.45, 2.75) is 19.9 Å². The maximum absolute atomic E-state index is 5.32. The van der Waals surface area contributed by atoms with Crippen molar-refractivity contribution in [3.05, 3.63) is 48.0 Å². The monoisotopic (exact) mass is 285 g/mol. The zero-order valence-corrected chi connectivity index (χ0v) is 13.1. The quantitative estimate of drug-likeness (QED) is 0.869. The number of ether oxygens (including phenoxy) is 2. The van der Waals surface area contributed by atoms with Crippen LogP contribution in [0.25, 0.3) is 11.1 Å². The van der Waals surface area contributed by atoms with Gasteiger partial charge in [0.15, 0.2) is 0 Å². The Bertz CT molecular complexity index is 556. The lowest BCUT2D eigenvalue weighted by atomic mass is 10.0. The van der Waals surface area contributed by atoms with Crippen molar-refractivity contribution in [3.63, 3.8) is 0 Å². The normalized spacial score (nSPS) is 12.0. The number of hydrogen-bond acceptors (Lipinski definition) is 3. The summed E-state index contributed by atoms with van der Waals surface area (Å²) in [5.74, 6) is 1.60. The predicted molar refractivity (Wildman–Crippen MR) is 87.1 cm³/mol. The van der Waals surface area contributed by atoms with Gasteiger partial charge in [-0.3, -0.25) is 0 Å². The fourth-order valence-corrected chi connectivity index (χ4v) is 2.36. The molecule has 2 aromatic rings. The third kappa shape index (κ3) is 3.76. The van der Waals surface area contributed by atoms with Crippen molar-refractivity contribution in [2.24, 2.45) is 0 Å². The second-order valence-electron chi connectivity index (χ2n) is 5.00. The molecule has 2 rings (SSSR count). The average molecular weight is 285 g/mol. The maximum Gasteiger partial charge on any atom is 0.123 e. The smallest absolute Gasteiger partial charge is 0.123 e. The molecule has 0 radical (unpaired) electrons. The first-order valence-electron chi connectivity index (χ1n) is 7.24. The van der Waals surface area contributed by atoms with E-state index in [0.717, 1.165) is 29.2 Å². The second-order valence-corrected chi connectivity index (χ2v) is 5.00. The summed E-state index contributed by atoms with van der Waals surface area (Å²) >= 11 is 0. The van der Waals surface area contributed by atoms with Gasteiger partial charge in [0, 0.05) is 12.1 Å². The summed E-state index contributed by atoms with van der Waals surface area (Å²) in [6, 6.07) is 14.9. The van der Waals surface area contributed by atoms with Crippen LogP contribution < -0.4 is 14.8 Å². The van der Waals surface area contributed by atoms with Crippen molar-refractivity contribution in [1.82, 2.24) is 5.32 Å². The minimum Gasteiger partial charge on any atom is -0.497 e. The zero-order chi connectivity index (χ0) is 15.2. The summed E-state index contributed by atoms with van der Waals surface area (Å²) in [6.07, 6.45) is 0. The molecule has 1 unspecified atom stereocenters. The average Bonchev–Trinajstić information content (AvgIpc) is 2.54. The summed E-state index contributed by atoms with van der Waals surface area (Å²) in [7, 11) is 3.33. The number of rotatable bonds is 6. The topological polar surface area (TPSA) is 30.5 Å². The molecule has 0 aliphatic heterocycles. The van der Waals surface area contributed by atoms with Crippen LogP contribution in [0.15, 0.2) is 42.5 Å². The highest BCUT2D eigenvalue weighted by atomic mass is 16.5. The van der Waals surface area contributed by atoms with Crippen LogP contribution in [0.1, 0.15) is 25.5 Å². The van der Waals surface area contributed by atoms with Crippen LogP contribution in [0.4, 0.5) is 0 Å². The van der Waals surface area contributed by atoms with Gasteiger partial charge in [0.2, 0.25) is 0 Å². The number of nitrogens with one attached hydrogen (secondary N) is 1. The van der Waals surface area contributed by atoms with E-state index in [9.17, 15) is 0 Å². The summed E-state index contributed by atoms with van der Waals surface area (Å²) in [5, 5.41) is 3.42. The predicted octanol–water partition coefficient (Wildman–Crippen LogP) is 4.04. The Kier molecular flexibility index (Phi) is 5.23. The van der Waals surface area contributed by atoms with Gasteiger partial charge in [-0.05, 0) is 42.3 Å². The molecule has 1 N–H and O–H groups in total. The zero-order valence-electron chi connectivity index (χ0n) is 13.1. The Morgan fingerprint density at radius 3 is 1.95 bits per heavy atom. The van der Waals surface area contributed by atoms with E-state index >= 15 is 0 Å². The summed E-state index contributed by atoms with van der Waals surface area (Å²) in [5.41, 5.74) is 3.53. The van der Waals surface area contributed by atoms with E-state index in [2.05, 4.69) is 43.4 Å². The van der Waals surface area contributed by atoms with E-state index in [4.69, 9.17) is 9.47 Å². The van der Waals surface area contributed by atoms with Crippen LogP contribution in [-0.2, 0) is 0 Å². The first kappa shape index (κ1) is 15.4. The number of hydrogen-bond donors (Lipinski definition) is 1. The van der Waals surface area contributed by atoms with Crippen molar-refractivity contribution < 1.29 is 9.47 Å². The van der Waals surface area contributed by atoms with Crippen LogP contribution in [0.2, 0.25) is 0 Å². The van der Waals surface area contributed by atoms with Gasteiger partial charge in [0.05, 0.1) is 14.2 Å². The molecule has 0 saturated carbocycles. The number of benzene rings is 2. The van der Waals surface area contributed by atoms with Crippen molar-refractivity contribution in [1.29, 1.82) is 0 Å². The van der Waals surface area contributed by atoms with E-state index in [1.807, 2.05) is 18.2 Å². The molecule has 3 heteroatoms. The van der Waals surface area contributed by atoms with E-state index < -0.39 is 0 Å². The Morgan fingerprint density at radius 2 is 1.48 bits per heavy atom. The lowest BCUT2D eigenvalue weighted by molar-refractivity contribution is 0.394. The SMILES string of the molecule is CCNC(C)c1ccc(-c2cc(OC)cc(OC)c2)cc1. The molecule has 0 aromatic heterocycles. The van der Waals surface area contributed by atoms with Crippen LogP contribution in [-0.4, -0.2) is 20.8 Å². The largest absolute Gasteiger partial charge is 0.497 e. The van der Waals surface area contributed by atoms with Gasteiger partial charge < -0.3 is 14.8 Å². The molecule has 0 fully saturated rings. The molecular formula is C18H23NO2. The summed E-state index contributed by atoms with van der Waals surface area (Å²) < 4.78 is 10.6. The Hall–Kier alpha value is -2.00. The molecule has 0 heterocycles. The van der Waals surface area contributed by atoms with E-state index in [1.165, 1.54) is 5.56 Å². The van der Waals surface area contributed by atoms with Gasteiger partial charge in [-0.15, -0.1) is 0 Å². The Morgan fingerprint density at radius 1 is 0.905 bits per heavy atom. The minimum atomic E-state index is 0.365. The van der Waals surface area contributed by atoms with Crippen LogP contribution >= 0.6 is 0 Å². The molecule has 112 valence electrons. The van der Waals surface area contributed by atoms with Gasteiger partial charge in [-0.2, -0.15) is 0 Å². The third-order valence-corrected chi connectivity index (χ3v) is 3.61. The van der Waals surface area contributed by atoms with Gasteiger partial charge in [-0.1, -0.05) is 31.2 Å². The molecule has 0 spiro atoms. The molecule has 0 amide bonds. The first-order valence-corrected chi connectivity index (χ1v) is 7.24. The number of methoxy groups -OCH3 is 2. The van der Waals surface area contributed by atoms with Gasteiger partial charge in [-0.25, -0.2) is 0 Å². The molecule has 21 heavy (non-hydrogen) atoms.